The van der Waals surface area contributed by atoms with Crippen LogP contribution in [-0.2, 0) is 16.0 Å². The Morgan fingerprint density at radius 2 is 2.11 bits per heavy atom. The highest BCUT2D eigenvalue weighted by molar-refractivity contribution is 7.99. The minimum Gasteiger partial charge on any atom is -0.480 e. The maximum absolute atomic E-state index is 13.4. The lowest BCUT2D eigenvalue weighted by molar-refractivity contribution is -0.148. The fraction of sp³-hybridized carbons (Fsp3) is 0.444. The third kappa shape index (κ3) is 4.47. The molecule has 0 bridgehead atoms. The van der Waals surface area contributed by atoms with Crippen LogP contribution < -0.4 is 5.32 Å². The van der Waals surface area contributed by atoms with E-state index in [4.69, 9.17) is 4.52 Å². The van der Waals surface area contributed by atoms with Crippen LogP contribution in [0.1, 0.15) is 30.7 Å². The lowest BCUT2D eigenvalue weighted by Crippen LogP contribution is -2.56. The Morgan fingerprint density at radius 1 is 1.37 bits per heavy atom. The van der Waals surface area contributed by atoms with Gasteiger partial charge >= 0.3 is 5.97 Å². The third-order valence-corrected chi connectivity index (χ3v) is 5.57. The second kappa shape index (κ2) is 8.08. The van der Waals surface area contributed by atoms with E-state index < -0.39 is 11.5 Å². The number of rotatable bonds is 6. The van der Waals surface area contributed by atoms with Crippen molar-refractivity contribution in [3.05, 3.63) is 35.5 Å². The predicted molar refractivity (Wildman–Crippen MR) is 97.8 cm³/mol. The van der Waals surface area contributed by atoms with Crippen LogP contribution in [0, 0.1) is 12.7 Å². The van der Waals surface area contributed by atoms with Crippen LogP contribution in [0.25, 0.3) is 11.4 Å². The number of amides is 1. The van der Waals surface area contributed by atoms with Gasteiger partial charge in [0.15, 0.2) is 0 Å². The van der Waals surface area contributed by atoms with Gasteiger partial charge in [-0.1, -0.05) is 5.16 Å². The van der Waals surface area contributed by atoms with Crippen molar-refractivity contribution in [3.63, 3.8) is 0 Å². The molecule has 2 aromatic rings. The summed E-state index contributed by atoms with van der Waals surface area (Å²) in [5.41, 5.74) is -0.0886. The number of carboxylic acids is 1. The van der Waals surface area contributed by atoms with E-state index in [1.165, 1.54) is 6.07 Å². The number of aliphatic carboxylic acids is 1. The Labute approximate surface area is 159 Å². The monoisotopic (exact) mass is 393 g/mol. The fourth-order valence-electron chi connectivity index (χ4n) is 2.92. The number of hydrogen-bond donors (Lipinski definition) is 2. The number of thioether (sulfide) groups is 1. The Kier molecular flexibility index (Phi) is 5.79. The molecule has 1 saturated heterocycles. The summed E-state index contributed by atoms with van der Waals surface area (Å²) in [4.78, 5) is 28.1. The van der Waals surface area contributed by atoms with Crippen molar-refractivity contribution in [2.45, 2.75) is 38.1 Å². The van der Waals surface area contributed by atoms with Gasteiger partial charge in [0.2, 0.25) is 17.6 Å². The van der Waals surface area contributed by atoms with Crippen LogP contribution in [0.5, 0.6) is 0 Å². The summed E-state index contributed by atoms with van der Waals surface area (Å²) in [7, 11) is 0. The van der Waals surface area contributed by atoms with E-state index in [1.807, 2.05) is 0 Å². The summed E-state index contributed by atoms with van der Waals surface area (Å²) in [6, 6.07) is 4.51. The van der Waals surface area contributed by atoms with Crippen LogP contribution in [-0.4, -0.2) is 44.2 Å². The largest absolute Gasteiger partial charge is 0.480 e. The highest BCUT2D eigenvalue weighted by Gasteiger charge is 2.41. The zero-order valence-electron chi connectivity index (χ0n) is 14.8. The van der Waals surface area contributed by atoms with E-state index in [1.54, 1.807) is 30.8 Å². The molecule has 9 heteroatoms. The summed E-state index contributed by atoms with van der Waals surface area (Å²) in [5.74, 6) is 0.329. The average molecular weight is 393 g/mol. The summed E-state index contributed by atoms with van der Waals surface area (Å²) >= 11 is 1.68. The number of carbonyl (C=O) groups excluding carboxylic acids is 1. The smallest absolute Gasteiger partial charge is 0.329 e. The highest BCUT2D eigenvalue weighted by atomic mass is 32.2. The molecule has 1 fully saturated rings. The van der Waals surface area contributed by atoms with Crippen molar-refractivity contribution in [1.29, 1.82) is 0 Å². The molecule has 0 saturated carbocycles. The van der Waals surface area contributed by atoms with Crippen LogP contribution >= 0.6 is 11.8 Å². The number of nitrogens with one attached hydrogen (secondary N) is 1. The first kappa shape index (κ1) is 19.3. The molecule has 1 amide bonds. The van der Waals surface area contributed by atoms with E-state index in [2.05, 4.69) is 15.5 Å². The quantitative estimate of drug-likeness (QED) is 0.777. The summed E-state index contributed by atoms with van der Waals surface area (Å²) in [6.07, 6.45) is 1.07. The van der Waals surface area contributed by atoms with Gasteiger partial charge in [0.05, 0.1) is 0 Å². The molecule has 3 rings (SSSR count). The molecule has 144 valence electrons. The molecule has 1 aromatic carbocycles. The van der Waals surface area contributed by atoms with Gasteiger partial charge in [0.1, 0.15) is 11.4 Å². The molecule has 0 atom stereocenters. The first-order valence-electron chi connectivity index (χ1n) is 8.61. The number of benzene rings is 1. The van der Waals surface area contributed by atoms with Crippen LogP contribution in [0.15, 0.2) is 22.7 Å². The Morgan fingerprint density at radius 3 is 2.78 bits per heavy atom. The maximum atomic E-state index is 13.4. The molecule has 27 heavy (non-hydrogen) atoms. The molecule has 2 N–H and O–H groups in total. The average Bonchev–Trinajstić information content (AvgIpc) is 3.12. The standard InChI is InChI=1S/C18H20FN3O4S/c1-11-10-12(2-3-13(11)19)16-20-15(26-22-16)5-4-14(23)21-18(17(24)25)6-8-27-9-7-18/h2-3,10H,4-9H2,1H3,(H,21,23)(H,24,25). The number of carbonyl (C=O) groups is 2. The summed E-state index contributed by atoms with van der Waals surface area (Å²) in [5, 5.41) is 16.0. The molecule has 0 spiro atoms. The van der Waals surface area contributed by atoms with Gasteiger partial charge in [0, 0.05) is 18.4 Å². The molecule has 1 aromatic heterocycles. The molecule has 1 aliphatic heterocycles. The number of aryl methyl sites for hydroxylation is 2. The summed E-state index contributed by atoms with van der Waals surface area (Å²) in [6.45, 7) is 1.65. The van der Waals surface area contributed by atoms with E-state index in [0.717, 1.165) is 0 Å². The van der Waals surface area contributed by atoms with Crippen molar-refractivity contribution >= 4 is 23.6 Å². The first-order valence-corrected chi connectivity index (χ1v) is 9.76. The van der Waals surface area contributed by atoms with Crippen molar-refractivity contribution < 1.29 is 23.6 Å². The van der Waals surface area contributed by atoms with Crippen molar-refractivity contribution in [1.82, 2.24) is 15.5 Å². The number of halogens is 1. The molecule has 0 unspecified atom stereocenters. The van der Waals surface area contributed by atoms with E-state index in [-0.39, 0.29) is 30.5 Å². The SMILES string of the molecule is Cc1cc(-c2noc(CCC(=O)NC3(C(=O)O)CCSCC3)n2)ccc1F. The second-order valence-corrected chi connectivity index (χ2v) is 7.75. The number of hydrogen-bond acceptors (Lipinski definition) is 6. The normalized spacial score (nSPS) is 16.1. The lowest BCUT2D eigenvalue weighted by Gasteiger charge is -2.33. The highest BCUT2D eigenvalue weighted by Crippen LogP contribution is 2.27. The zero-order chi connectivity index (χ0) is 19.4. The van der Waals surface area contributed by atoms with Crippen molar-refractivity contribution in [2.75, 3.05) is 11.5 Å². The first-order chi connectivity index (χ1) is 12.9. The van der Waals surface area contributed by atoms with Gasteiger partial charge in [-0.3, -0.25) is 4.79 Å². The van der Waals surface area contributed by atoms with E-state index in [0.29, 0.717) is 41.3 Å². The van der Waals surface area contributed by atoms with Crippen molar-refractivity contribution in [3.8, 4) is 11.4 Å². The molecule has 7 nitrogen and oxygen atoms in total. The summed E-state index contributed by atoms with van der Waals surface area (Å²) < 4.78 is 18.5. The molecule has 1 aliphatic rings. The van der Waals surface area contributed by atoms with Gasteiger partial charge < -0.3 is 14.9 Å². The topological polar surface area (TPSA) is 105 Å². The van der Waals surface area contributed by atoms with Gasteiger partial charge in [-0.05, 0) is 55.0 Å². The molecule has 0 aliphatic carbocycles. The van der Waals surface area contributed by atoms with Gasteiger partial charge in [-0.15, -0.1) is 0 Å². The molecular formula is C18H20FN3O4S. The predicted octanol–water partition coefficient (Wildman–Crippen LogP) is 2.58. The van der Waals surface area contributed by atoms with Crippen molar-refractivity contribution in [2.24, 2.45) is 0 Å². The number of aromatic nitrogens is 2. The number of carboxylic acid groups (broad SMARTS) is 1. The Balaban J connectivity index is 1.60. The molecule has 0 radical (unpaired) electrons. The lowest BCUT2D eigenvalue weighted by atomic mass is 9.92. The van der Waals surface area contributed by atoms with Crippen LogP contribution in [0.3, 0.4) is 0 Å². The van der Waals surface area contributed by atoms with Gasteiger partial charge in [-0.2, -0.15) is 16.7 Å². The maximum Gasteiger partial charge on any atom is 0.329 e. The molecule has 2 heterocycles. The number of nitrogens with zero attached hydrogens (tertiary/aromatic N) is 2. The minimum atomic E-state index is -1.19. The Hall–Kier alpha value is -2.42. The van der Waals surface area contributed by atoms with Gasteiger partial charge in [0.25, 0.3) is 0 Å². The zero-order valence-corrected chi connectivity index (χ0v) is 15.6. The Bertz CT molecular complexity index is 849. The van der Waals surface area contributed by atoms with Gasteiger partial charge in [-0.25, -0.2) is 9.18 Å². The van der Waals surface area contributed by atoms with Crippen LogP contribution in [0.4, 0.5) is 4.39 Å². The van der Waals surface area contributed by atoms with E-state index >= 15 is 0 Å². The van der Waals surface area contributed by atoms with Crippen LogP contribution in [0.2, 0.25) is 0 Å². The molecular weight excluding hydrogens is 373 g/mol. The third-order valence-electron chi connectivity index (χ3n) is 4.58. The fourth-order valence-corrected chi connectivity index (χ4v) is 4.11. The minimum absolute atomic E-state index is 0.0479. The second-order valence-electron chi connectivity index (χ2n) is 6.52. The van der Waals surface area contributed by atoms with E-state index in [9.17, 15) is 19.1 Å².